The van der Waals surface area contributed by atoms with Gasteiger partial charge < -0.3 is 4.90 Å². The first-order chi connectivity index (χ1) is 18.2. The Kier molecular flexibility index (Phi) is 6.87. The number of nitrogens with zero attached hydrogens (tertiary/aromatic N) is 7. The second-order valence-electron chi connectivity index (χ2n) is 10.7. The minimum Gasteiger partial charge on any atom is -0.357 e. The normalized spacial score (nSPS) is 17.9. The van der Waals surface area contributed by atoms with Crippen molar-refractivity contribution in [3.63, 3.8) is 0 Å². The number of aryl methyl sites for hydroxylation is 1. The van der Waals surface area contributed by atoms with Crippen LogP contribution in [0.4, 0.5) is 5.82 Å². The van der Waals surface area contributed by atoms with Crippen LogP contribution in [0.1, 0.15) is 61.9 Å². The fourth-order valence-electron chi connectivity index (χ4n) is 4.77. The molecule has 5 rings (SSSR count). The quantitative estimate of drug-likeness (QED) is 0.519. The average molecular weight is 513 g/mol. The van der Waals surface area contributed by atoms with Crippen LogP contribution in [0.2, 0.25) is 0 Å². The number of pyridine rings is 1. The zero-order valence-electron chi connectivity index (χ0n) is 22.1. The number of amides is 1. The number of nitriles is 1. The molecule has 0 saturated carbocycles. The van der Waals surface area contributed by atoms with Gasteiger partial charge in [-0.1, -0.05) is 18.2 Å². The third-order valence-corrected chi connectivity index (χ3v) is 6.79. The lowest BCUT2D eigenvalue weighted by Gasteiger charge is -2.32. The van der Waals surface area contributed by atoms with Crippen molar-refractivity contribution in [2.75, 3.05) is 18.0 Å². The minimum absolute atomic E-state index is 0.0628. The van der Waals surface area contributed by atoms with E-state index in [0.717, 1.165) is 54.1 Å². The summed E-state index contributed by atoms with van der Waals surface area (Å²) in [4.78, 5) is 24.9. The van der Waals surface area contributed by atoms with Gasteiger partial charge in [-0.3, -0.25) is 14.3 Å². The van der Waals surface area contributed by atoms with E-state index >= 15 is 0 Å². The molecule has 1 N–H and O–H groups in total. The van der Waals surface area contributed by atoms with E-state index < -0.39 is 5.60 Å². The smallest absolute Gasteiger partial charge is 0.246 e. The molecule has 196 valence electrons. The van der Waals surface area contributed by atoms with Gasteiger partial charge in [-0.25, -0.2) is 15.1 Å². The van der Waals surface area contributed by atoms with Crippen LogP contribution in [-0.2, 0) is 16.7 Å². The SMILES string of the molecule is Cn1cc(C2=Cn3ncc(C#N)c3C(c3ccc(N4CCC(C(=O)NOC(C)(C)C)CC4)nc3)C=C2)cn1. The molecule has 1 saturated heterocycles. The van der Waals surface area contributed by atoms with Crippen molar-refractivity contribution in [1.82, 2.24) is 30.0 Å². The molecule has 1 fully saturated rings. The summed E-state index contributed by atoms with van der Waals surface area (Å²) in [6.07, 6.45) is 14.8. The van der Waals surface area contributed by atoms with Crippen LogP contribution in [-0.4, -0.2) is 49.1 Å². The lowest BCUT2D eigenvalue weighted by molar-refractivity contribution is -0.150. The van der Waals surface area contributed by atoms with Crippen molar-refractivity contribution < 1.29 is 9.63 Å². The second-order valence-corrected chi connectivity index (χ2v) is 10.7. The third-order valence-electron chi connectivity index (χ3n) is 6.79. The Balaban J connectivity index is 1.31. The monoisotopic (exact) mass is 512 g/mol. The van der Waals surface area contributed by atoms with Gasteiger partial charge in [0.15, 0.2) is 0 Å². The fourth-order valence-corrected chi connectivity index (χ4v) is 4.77. The molecule has 2 aliphatic rings. The van der Waals surface area contributed by atoms with Crippen LogP contribution in [0.3, 0.4) is 0 Å². The maximum absolute atomic E-state index is 12.5. The Morgan fingerprint density at radius 2 is 1.95 bits per heavy atom. The number of hydroxylamine groups is 1. The molecule has 3 aromatic rings. The topological polar surface area (TPSA) is 114 Å². The number of nitrogens with one attached hydrogen (secondary N) is 1. The molecule has 1 amide bonds. The number of anilines is 1. The first-order valence-electron chi connectivity index (χ1n) is 12.8. The number of fused-ring (bicyclic) bond motifs is 1. The van der Waals surface area contributed by atoms with Gasteiger partial charge in [-0.05, 0) is 45.2 Å². The van der Waals surface area contributed by atoms with Crippen molar-refractivity contribution in [3.05, 3.63) is 71.5 Å². The van der Waals surface area contributed by atoms with E-state index in [-0.39, 0.29) is 17.7 Å². The molecule has 0 radical (unpaired) electrons. The van der Waals surface area contributed by atoms with Gasteiger partial charge in [0.2, 0.25) is 5.91 Å². The van der Waals surface area contributed by atoms with Crippen LogP contribution in [0.5, 0.6) is 0 Å². The lowest BCUT2D eigenvalue weighted by atomic mass is 9.93. The summed E-state index contributed by atoms with van der Waals surface area (Å²) in [6.45, 7) is 7.20. The predicted molar refractivity (Wildman–Crippen MR) is 143 cm³/mol. The summed E-state index contributed by atoms with van der Waals surface area (Å²) >= 11 is 0. The maximum atomic E-state index is 12.5. The number of hydrogen-bond donors (Lipinski definition) is 1. The molecule has 3 aromatic heterocycles. The van der Waals surface area contributed by atoms with Crippen molar-refractivity contribution in [1.29, 1.82) is 5.26 Å². The molecular formula is C28H32N8O2. The summed E-state index contributed by atoms with van der Waals surface area (Å²) < 4.78 is 3.54. The number of allylic oxidation sites excluding steroid dienone is 3. The van der Waals surface area contributed by atoms with E-state index in [2.05, 4.69) is 38.8 Å². The van der Waals surface area contributed by atoms with Gasteiger partial charge in [0.1, 0.15) is 11.9 Å². The molecular weight excluding hydrogens is 480 g/mol. The summed E-state index contributed by atoms with van der Waals surface area (Å²) in [7, 11) is 1.88. The summed E-state index contributed by atoms with van der Waals surface area (Å²) in [5.41, 5.74) is 6.42. The molecule has 10 heteroatoms. The molecule has 0 aromatic carbocycles. The number of piperidine rings is 1. The average Bonchev–Trinajstić information content (AvgIpc) is 3.47. The van der Waals surface area contributed by atoms with Crippen molar-refractivity contribution in [3.8, 4) is 6.07 Å². The van der Waals surface area contributed by atoms with Crippen LogP contribution in [0.25, 0.3) is 11.8 Å². The van der Waals surface area contributed by atoms with Crippen LogP contribution in [0.15, 0.2) is 49.1 Å². The standard InChI is InChI=1S/C28H32N8O2/c1-28(2,3)38-33-27(37)19-9-11-35(12-10-19)25-8-6-20(14-30-25)24-7-5-21(23-16-31-34(4)17-23)18-36-26(24)22(13-29)15-32-36/h5-8,14-19,24H,9-12H2,1-4H3,(H,33,37). The maximum Gasteiger partial charge on any atom is 0.246 e. The highest BCUT2D eigenvalue weighted by molar-refractivity contribution is 5.83. The Labute approximate surface area is 222 Å². The van der Waals surface area contributed by atoms with Gasteiger partial charge in [0, 0.05) is 61.7 Å². The highest BCUT2D eigenvalue weighted by Crippen LogP contribution is 2.34. The molecule has 0 bridgehead atoms. The van der Waals surface area contributed by atoms with Crippen molar-refractivity contribution in [2.24, 2.45) is 13.0 Å². The van der Waals surface area contributed by atoms with Gasteiger partial charge in [-0.2, -0.15) is 15.5 Å². The number of hydrogen-bond acceptors (Lipinski definition) is 7. The number of rotatable bonds is 5. The zero-order valence-corrected chi connectivity index (χ0v) is 22.1. The van der Waals surface area contributed by atoms with E-state index in [0.29, 0.717) is 5.56 Å². The first kappa shape index (κ1) is 25.4. The summed E-state index contributed by atoms with van der Waals surface area (Å²) in [6, 6.07) is 6.35. The van der Waals surface area contributed by atoms with Gasteiger partial charge >= 0.3 is 0 Å². The van der Waals surface area contributed by atoms with Gasteiger partial charge in [0.25, 0.3) is 0 Å². The molecule has 0 aliphatic carbocycles. The molecule has 5 heterocycles. The summed E-state index contributed by atoms with van der Waals surface area (Å²) in [5, 5.41) is 18.5. The van der Waals surface area contributed by atoms with Gasteiger partial charge in [0.05, 0.1) is 29.3 Å². The molecule has 2 aliphatic heterocycles. The molecule has 38 heavy (non-hydrogen) atoms. The number of carbonyl (C=O) groups excluding carboxylic acids is 1. The Hall–Kier alpha value is -4.23. The Morgan fingerprint density at radius 1 is 1.16 bits per heavy atom. The van der Waals surface area contributed by atoms with E-state index in [1.807, 2.05) is 64.8 Å². The molecule has 1 atom stereocenters. The fraction of sp³-hybridized carbons (Fsp3) is 0.393. The highest BCUT2D eigenvalue weighted by atomic mass is 16.7. The Bertz CT molecular complexity index is 1410. The van der Waals surface area contributed by atoms with Crippen LogP contribution in [0, 0.1) is 17.2 Å². The van der Waals surface area contributed by atoms with E-state index in [9.17, 15) is 10.1 Å². The molecule has 1 unspecified atom stereocenters. The van der Waals surface area contributed by atoms with Crippen molar-refractivity contribution >= 4 is 23.5 Å². The third kappa shape index (κ3) is 5.38. The largest absolute Gasteiger partial charge is 0.357 e. The van der Waals surface area contributed by atoms with E-state index in [1.165, 1.54) is 0 Å². The van der Waals surface area contributed by atoms with Crippen LogP contribution < -0.4 is 10.4 Å². The van der Waals surface area contributed by atoms with E-state index in [1.54, 1.807) is 15.6 Å². The van der Waals surface area contributed by atoms with Gasteiger partial charge in [-0.15, -0.1) is 0 Å². The van der Waals surface area contributed by atoms with Crippen LogP contribution >= 0.6 is 0 Å². The second kappa shape index (κ2) is 10.3. The molecule has 10 nitrogen and oxygen atoms in total. The number of aromatic nitrogens is 5. The number of carbonyl (C=O) groups is 1. The van der Waals surface area contributed by atoms with Crippen molar-refractivity contribution in [2.45, 2.75) is 45.1 Å². The van der Waals surface area contributed by atoms with E-state index in [4.69, 9.17) is 9.82 Å². The lowest BCUT2D eigenvalue weighted by Crippen LogP contribution is -2.42. The molecule has 0 spiro atoms. The first-order valence-corrected chi connectivity index (χ1v) is 12.8. The highest BCUT2D eigenvalue weighted by Gasteiger charge is 2.28. The Morgan fingerprint density at radius 3 is 2.58 bits per heavy atom. The minimum atomic E-state index is -0.420. The zero-order chi connectivity index (χ0) is 26.9. The summed E-state index contributed by atoms with van der Waals surface area (Å²) in [5.74, 6) is 0.554. The predicted octanol–water partition coefficient (Wildman–Crippen LogP) is 3.65.